The molecule has 0 spiro atoms. The number of carbonyl (C=O) groups is 6. The van der Waals surface area contributed by atoms with Gasteiger partial charge in [-0.2, -0.15) is 0 Å². The molecule has 0 fully saturated rings. The Bertz CT molecular complexity index is 3550. The van der Waals surface area contributed by atoms with Crippen molar-refractivity contribution in [1.29, 1.82) is 0 Å². The molecule has 3 aliphatic heterocycles. The molecule has 6 atom stereocenters. The summed E-state index contributed by atoms with van der Waals surface area (Å²) in [5.74, 6) is -1.67. The number of thiophene rings is 2. The largest absolute Gasteiger partial charge is 0.497 e. The van der Waals surface area contributed by atoms with E-state index >= 15 is 0 Å². The number of hydrogen-bond donors (Lipinski definition) is 4. The molecule has 446 valence electrons. The lowest BCUT2D eigenvalue weighted by atomic mass is 9.81. The molecular formula is C65H67N7O12S2. The summed E-state index contributed by atoms with van der Waals surface area (Å²) in [6, 6.07) is 44.4. The smallest absolute Gasteiger partial charge is 0.313 e. The van der Waals surface area contributed by atoms with E-state index in [9.17, 15) is 33.9 Å². The fourth-order valence-electron chi connectivity index (χ4n) is 11.1. The molecule has 5 aromatic carbocycles. The molecule has 6 heterocycles. The number of fused-ring (bicyclic) bond motifs is 3. The SMILES string of the molecule is COCCN1C(=O)c2ccccc2C(C(=O)NCCOc2ccccc2)C1c1cccs1.COCCN1C(=O)c2ccccc2C(C(=O)Nc2cccc(OC)c2)C1c1ncc[nH]1.COCCN1C(=O)c2ccccc2C(C(=O)O)C1c1cccs1. The van der Waals surface area contributed by atoms with Gasteiger partial charge in [0.1, 0.15) is 35.9 Å². The topological polar surface area (TPSA) is 231 Å². The molecule has 19 nitrogen and oxygen atoms in total. The number of rotatable bonds is 21. The number of para-hydroxylation sites is 1. The number of aliphatic carboxylic acids is 1. The highest BCUT2D eigenvalue weighted by atomic mass is 32.1. The van der Waals surface area contributed by atoms with Gasteiger partial charge < -0.3 is 59.1 Å². The monoisotopic (exact) mass is 1200 g/mol. The van der Waals surface area contributed by atoms with Crippen molar-refractivity contribution in [1.82, 2.24) is 30.0 Å². The number of aromatic nitrogens is 2. The summed E-state index contributed by atoms with van der Waals surface area (Å²) < 4.78 is 26.6. The first-order chi connectivity index (χ1) is 42.0. The van der Waals surface area contributed by atoms with Crippen molar-refractivity contribution in [2.24, 2.45) is 0 Å². The molecule has 3 aliphatic rings. The van der Waals surface area contributed by atoms with E-state index in [1.807, 2.05) is 108 Å². The molecule has 0 saturated heterocycles. The fraction of sp³-hybridized carbons (Fsp3) is 0.277. The summed E-state index contributed by atoms with van der Waals surface area (Å²) in [6.07, 6.45) is 3.30. The summed E-state index contributed by atoms with van der Waals surface area (Å²) in [6.45, 7) is 2.93. The Kier molecular flexibility index (Phi) is 21.3. The molecule has 86 heavy (non-hydrogen) atoms. The van der Waals surface area contributed by atoms with Crippen molar-refractivity contribution in [2.75, 3.05) is 86.4 Å². The van der Waals surface area contributed by atoms with Crippen molar-refractivity contribution < 1.29 is 57.6 Å². The standard InChI is InChI=1S/C25H26N2O4S.C23H24N4O4.C17H17NO4S/c1-30-16-14-27-23(21-12-7-17-32-21)22(19-10-5-6-11-20(19)25(27)29)24(28)26-13-15-31-18-8-3-2-4-9-18;1-30-13-12-27-20(21-24-10-11-25-21)19(17-8-3-4-9-18(17)23(27)29)22(28)26-15-6-5-7-16(14-15)31-2;1-22-9-8-18-15(13-7-4-10-23-13)14(17(20)21)11-5-2-3-6-12(11)16(18)19/h2-12,17,22-23H,13-16H2,1H3,(H,26,28);3-11,14,19-20H,12-13H2,1-2H3,(H,24,25)(H,26,28);2-7,10,14-15H,8-9H2,1H3,(H,20,21). The highest BCUT2D eigenvalue weighted by Gasteiger charge is 2.47. The Morgan fingerprint density at radius 2 is 1.02 bits per heavy atom. The Labute approximate surface area is 506 Å². The third kappa shape index (κ3) is 13.9. The van der Waals surface area contributed by atoms with Crippen molar-refractivity contribution in [2.45, 2.75) is 35.9 Å². The first-order valence-corrected chi connectivity index (χ1v) is 29.6. The first-order valence-electron chi connectivity index (χ1n) is 27.8. The summed E-state index contributed by atoms with van der Waals surface area (Å²) >= 11 is 3.02. The predicted molar refractivity (Wildman–Crippen MR) is 326 cm³/mol. The maximum atomic E-state index is 13.6. The number of carboxylic acids is 1. The molecule has 0 saturated carbocycles. The van der Waals surface area contributed by atoms with Crippen molar-refractivity contribution in [3.05, 3.63) is 224 Å². The van der Waals surface area contributed by atoms with Gasteiger partial charge in [-0.1, -0.05) is 91.0 Å². The number of benzene rings is 5. The Hall–Kier alpha value is -8.99. The number of amides is 5. The van der Waals surface area contributed by atoms with Crippen LogP contribution >= 0.6 is 22.7 Å². The second-order valence-corrected chi connectivity index (χ2v) is 22.0. The number of imidazole rings is 1. The van der Waals surface area contributed by atoms with E-state index in [2.05, 4.69) is 20.6 Å². The van der Waals surface area contributed by atoms with Crippen molar-refractivity contribution in [3.63, 3.8) is 0 Å². The van der Waals surface area contributed by atoms with Gasteiger partial charge >= 0.3 is 5.97 Å². The molecule has 5 amide bonds. The fourth-order valence-corrected chi connectivity index (χ4v) is 12.8. The van der Waals surface area contributed by atoms with Crippen LogP contribution < -0.4 is 20.1 Å². The summed E-state index contributed by atoms with van der Waals surface area (Å²) in [5.41, 5.74) is 4.15. The second-order valence-electron chi connectivity index (χ2n) is 20.0. The van der Waals surface area contributed by atoms with Crippen LogP contribution in [0.15, 0.2) is 175 Å². The number of methoxy groups -OCH3 is 4. The minimum atomic E-state index is -0.925. The highest BCUT2D eigenvalue weighted by molar-refractivity contribution is 7.10. The van der Waals surface area contributed by atoms with Crippen LogP contribution in [0.25, 0.3) is 0 Å². The summed E-state index contributed by atoms with van der Waals surface area (Å²) in [5, 5.41) is 19.7. The van der Waals surface area contributed by atoms with E-state index in [-0.39, 0.29) is 35.6 Å². The highest BCUT2D eigenvalue weighted by Crippen LogP contribution is 2.46. The Balaban J connectivity index is 0.000000156. The van der Waals surface area contributed by atoms with E-state index < -0.39 is 35.8 Å². The maximum Gasteiger partial charge on any atom is 0.313 e. The number of carbonyl (C=O) groups excluding carboxylic acids is 5. The van der Waals surface area contributed by atoms with Gasteiger partial charge in [0.2, 0.25) is 11.8 Å². The number of nitrogens with zero attached hydrogens (tertiary/aromatic N) is 4. The van der Waals surface area contributed by atoms with E-state index in [0.717, 1.165) is 21.1 Å². The number of aromatic amines is 1. The van der Waals surface area contributed by atoms with E-state index in [4.69, 9.17) is 23.7 Å². The molecule has 11 rings (SSSR count). The number of ether oxygens (including phenoxy) is 5. The minimum absolute atomic E-state index is 0.0764. The average Bonchev–Trinajstić information content (AvgIpc) is 1.26. The average molecular weight is 1200 g/mol. The van der Waals surface area contributed by atoms with Gasteiger partial charge in [-0.15, -0.1) is 22.7 Å². The lowest BCUT2D eigenvalue weighted by Crippen LogP contribution is -2.48. The quantitative estimate of drug-likeness (QED) is 0.0492. The van der Waals surface area contributed by atoms with Crippen LogP contribution in [-0.4, -0.2) is 146 Å². The van der Waals surface area contributed by atoms with Crippen LogP contribution in [0.4, 0.5) is 5.69 Å². The van der Waals surface area contributed by atoms with Gasteiger partial charge in [-0.25, -0.2) is 4.98 Å². The normalized spacial score (nSPS) is 18.5. The molecule has 4 N–H and O–H groups in total. The number of H-pyrrole nitrogens is 1. The van der Waals surface area contributed by atoms with Gasteiger partial charge in [-0.05, 0) is 82.0 Å². The van der Waals surface area contributed by atoms with Crippen LogP contribution in [0.5, 0.6) is 11.5 Å². The van der Waals surface area contributed by atoms with Crippen LogP contribution in [0, 0.1) is 0 Å². The van der Waals surface area contributed by atoms with Gasteiger partial charge in [0.25, 0.3) is 17.7 Å². The third-order valence-corrected chi connectivity index (χ3v) is 16.9. The molecule has 3 aromatic heterocycles. The van der Waals surface area contributed by atoms with Gasteiger partial charge in [0.05, 0.1) is 57.4 Å². The number of anilines is 1. The van der Waals surface area contributed by atoms with E-state index in [0.29, 0.717) is 97.7 Å². The van der Waals surface area contributed by atoms with Crippen LogP contribution in [0.2, 0.25) is 0 Å². The second kappa shape index (κ2) is 29.7. The number of carboxylic acid groups (broad SMARTS) is 1. The molecule has 6 unspecified atom stereocenters. The van der Waals surface area contributed by atoms with E-state index in [1.165, 1.54) is 11.3 Å². The molecule has 0 radical (unpaired) electrons. The summed E-state index contributed by atoms with van der Waals surface area (Å²) in [4.78, 5) is 92.9. The molecule has 21 heteroatoms. The maximum absolute atomic E-state index is 13.6. The predicted octanol–water partition coefficient (Wildman–Crippen LogP) is 9.61. The van der Waals surface area contributed by atoms with Gasteiger partial charge in [-0.3, -0.25) is 28.8 Å². The first kappa shape index (κ1) is 61.6. The van der Waals surface area contributed by atoms with Crippen LogP contribution in [-0.2, 0) is 28.6 Å². The third-order valence-electron chi connectivity index (χ3n) is 15.0. The van der Waals surface area contributed by atoms with Crippen molar-refractivity contribution in [3.8, 4) is 11.5 Å². The Morgan fingerprint density at radius 3 is 1.50 bits per heavy atom. The van der Waals surface area contributed by atoms with Gasteiger partial charge in [0, 0.05) is 91.6 Å². The molecular weight excluding hydrogens is 1130 g/mol. The molecule has 0 aliphatic carbocycles. The lowest BCUT2D eigenvalue weighted by molar-refractivity contribution is -0.140. The molecule has 0 bridgehead atoms. The van der Waals surface area contributed by atoms with Crippen molar-refractivity contribution >= 4 is 63.9 Å². The zero-order valence-electron chi connectivity index (χ0n) is 47.9. The lowest BCUT2D eigenvalue weighted by Gasteiger charge is -2.41. The molecule has 8 aromatic rings. The zero-order valence-corrected chi connectivity index (χ0v) is 49.5. The number of nitrogens with one attached hydrogen (secondary N) is 3. The Morgan fingerprint density at radius 1 is 0.547 bits per heavy atom. The minimum Gasteiger partial charge on any atom is -0.497 e. The van der Waals surface area contributed by atoms with Crippen LogP contribution in [0.3, 0.4) is 0 Å². The van der Waals surface area contributed by atoms with E-state index in [1.54, 1.807) is 121 Å². The number of hydrogen-bond acceptors (Lipinski definition) is 14. The summed E-state index contributed by atoms with van der Waals surface area (Å²) in [7, 11) is 6.33. The van der Waals surface area contributed by atoms with Gasteiger partial charge in [0.15, 0.2) is 0 Å². The van der Waals surface area contributed by atoms with Crippen LogP contribution in [0.1, 0.15) is 99.2 Å². The zero-order chi connectivity index (χ0) is 60.5.